The number of nitrogens with one attached hydrogen (secondary N) is 3. The second kappa shape index (κ2) is 8.53. The van der Waals surface area contributed by atoms with Crippen molar-refractivity contribution in [3.05, 3.63) is 42.0 Å². The lowest BCUT2D eigenvalue weighted by Crippen LogP contribution is -2.31. The first-order valence-electron chi connectivity index (χ1n) is 9.18. The third-order valence-corrected chi connectivity index (χ3v) is 4.57. The number of amides is 1. The Labute approximate surface area is 164 Å². The number of carbonyl (C=O) groups excluding carboxylic acids is 1. The van der Waals surface area contributed by atoms with Gasteiger partial charge < -0.3 is 25.4 Å². The number of hydrogen-bond donors (Lipinski definition) is 3. The molecular weight excluding hydrogens is 356 g/mol. The summed E-state index contributed by atoms with van der Waals surface area (Å²) in [5.74, 6) is 0.860. The van der Waals surface area contributed by atoms with Gasteiger partial charge in [0, 0.05) is 42.5 Å². The first-order chi connectivity index (χ1) is 13.5. The van der Waals surface area contributed by atoms with E-state index in [0.717, 1.165) is 22.7 Å². The fraction of sp³-hybridized carbons (Fsp3) is 0.333. The lowest BCUT2D eigenvalue weighted by atomic mass is 9.88. The minimum Gasteiger partial charge on any atom is -0.497 e. The van der Waals surface area contributed by atoms with Crippen molar-refractivity contribution in [3.8, 4) is 17.6 Å². The molecule has 0 saturated heterocycles. The molecule has 0 saturated carbocycles. The zero-order valence-electron chi connectivity index (χ0n) is 16.2. The fourth-order valence-corrected chi connectivity index (χ4v) is 3.31. The van der Waals surface area contributed by atoms with Crippen molar-refractivity contribution < 1.29 is 14.3 Å². The van der Waals surface area contributed by atoms with Crippen molar-refractivity contribution >= 4 is 23.0 Å². The molecule has 0 bridgehead atoms. The molecule has 3 N–H and O–H groups in total. The number of nitriles is 1. The largest absolute Gasteiger partial charge is 0.497 e. The average Bonchev–Trinajstić information content (AvgIpc) is 2.69. The summed E-state index contributed by atoms with van der Waals surface area (Å²) in [6.45, 7) is 4.34. The van der Waals surface area contributed by atoms with Crippen LogP contribution in [-0.4, -0.2) is 26.2 Å². The van der Waals surface area contributed by atoms with Gasteiger partial charge in [-0.05, 0) is 25.1 Å². The maximum atomic E-state index is 11.6. The Bertz CT molecular complexity index is 907. The first kappa shape index (κ1) is 19.4. The third kappa shape index (κ3) is 4.12. The van der Waals surface area contributed by atoms with Gasteiger partial charge in [-0.15, -0.1) is 0 Å². The summed E-state index contributed by atoms with van der Waals surface area (Å²) in [6, 6.07) is 13.4. The number of fused-ring (bicyclic) bond motifs is 1. The normalized spacial score (nSPS) is 17.5. The summed E-state index contributed by atoms with van der Waals surface area (Å²) < 4.78 is 11.0. The van der Waals surface area contributed by atoms with Crippen molar-refractivity contribution in [1.29, 1.82) is 5.26 Å². The molecule has 2 atom stereocenters. The lowest BCUT2D eigenvalue weighted by molar-refractivity contribution is -0.114. The topological polar surface area (TPSA) is 95.4 Å². The number of hydrogen-bond acceptors (Lipinski definition) is 6. The zero-order valence-corrected chi connectivity index (χ0v) is 16.2. The van der Waals surface area contributed by atoms with E-state index in [1.807, 2.05) is 43.3 Å². The smallest absolute Gasteiger partial charge is 0.221 e. The molecule has 0 radical (unpaired) electrons. The van der Waals surface area contributed by atoms with Gasteiger partial charge in [-0.2, -0.15) is 5.26 Å². The van der Waals surface area contributed by atoms with Gasteiger partial charge in [-0.25, -0.2) is 0 Å². The van der Waals surface area contributed by atoms with E-state index in [2.05, 4.69) is 22.0 Å². The van der Waals surface area contributed by atoms with E-state index in [4.69, 9.17) is 9.47 Å². The van der Waals surface area contributed by atoms with Crippen LogP contribution in [0.3, 0.4) is 0 Å². The maximum absolute atomic E-state index is 11.6. The molecule has 2 aromatic carbocycles. The second-order valence-corrected chi connectivity index (χ2v) is 6.52. The Kier molecular flexibility index (Phi) is 5.90. The third-order valence-electron chi connectivity index (χ3n) is 4.57. The van der Waals surface area contributed by atoms with Crippen LogP contribution in [0.25, 0.3) is 0 Å². The summed E-state index contributed by atoms with van der Waals surface area (Å²) in [4.78, 5) is 11.6. The molecule has 7 nitrogen and oxygen atoms in total. The fourth-order valence-electron chi connectivity index (χ4n) is 3.31. The van der Waals surface area contributed by atoms with E-state index in [-0.39, 0.29) is 17.9 Å². The van der Waals surface area contributed by atoms with Crippen molar-refractivity contribution in [2.75, 3.05) is 36.2 Å². The summed E-state index contributed by atoms with van der Waals surface area (Å²) >= 11 is 0. The van der Waals surface area contributed by atoms with E-state index in [1.165, 1.54) is 6.92 Å². The van der Waals surface area contributed by atoms with Crippen molar-refractivity contribution in [2.24, 2.45) is 5.92 Å². The highest BCUT2D eigenvalue weighted by molar-refractivity contribution is 5.91. The van der Waals surface area contributed by atoms with Gasteiger partial charge in [-0.3, -0.25) is 4.79 Å². The van der Waals surface area contributed by atoms with Crippen LogP contribution in [0.1, 0.15) is 25.5 Å². The molecule has 2 unspecified atom stereocenters. The number of methoxy groups -OCH3 is 1. The molecule has 28 heavy (non-hydrogen) atoms. The first-order valence-corrected chi connectivity index (χ1v) is 9.18. The SMILES string of the molecule is CCOc1cc2c(cc1NC(C)=O)C(Nc1cccc(OC)c1)C(C#N)CN2. The van der Waals surface area contributed by atoms with E-state index in [1.54, 1.807) is 7.11 Å². The summed E-state index contributed by atoms with van der Waals surface area (Å²) in [5, 5.41) is 19.2. The van der Waals surface area contributed by atoms with Gasteiger partial charge >= 0.3 is 0 Å². The molecule has 146 valence electrons. The number of carbonyl (C=O) groups is 1. The second-order valence-electron chi connectivity index (χ2n) is 6.52. The van der Waals surface area contributed by atoms with Gasteiger partial charge in [0.15, 0.2) is 0 Å². The molecule has 0 aromatic heterocycles. The highest BCUT2D eigenvalue weighted by Crippen LogP contribution is 2.41. The Morgan fingerprint density at radius 3 is 2.86 bits per heavy atom. The van der Waals surface area contributed by atoms with Crippen molar-refractivity contribution in [2.45, 2.75) is 19.9 Å². The number of anilines is 3. The van der Waals surface area contributed by atoms with Gasteiger partial charge in [0.05, 0.1) is 37.4 Å². The van der Waals surface area contributed by atoms with Crippen LogP contribution in [0, 0.1) is 17.2 Å². The summed E-state index contributed by atoms with van der Waals surface area (Å²) in [7, 11) is 1.62. The van der Waals surface area contributed by atoms with Crippen molar-refractivity contribution in [1.82, 2.24) is 0 Å². The quantitative estimate of drug-likeness (QED) is 0.706. The Morgan fingerprint density at radius 2 is 2.18 bits per heavy atom. The monoisotopic (exact) mass is 380 g/mol. The predicted molar refractivity (Wildman–Crippen MR) is 109 cm³/mol. The van der Waals surface area contributed by atoms with E-state index in [0.29, 0.717) is 24.6 Å². The zero-order chi connectivity index (χ0) is 20.1. The van der Waals surface area contributed by atoms with Gasteiger partial charge in [0.2, 0.25) is 5.91 Å². The lowest BCUT2D eigenvalue weighted by Gasteiger charge is -2.33. The minimum absolute atomic E-state index is 0.182. The standard InChI is InChI=1S/C21H24N4O3/c1-4-28-20-10-18-17(9-19(20)24-13(2)26)21(14(11-22)12-23-18)25-15-6-5-7-16(8-15)27-3/h5-10,14,21,23,25H,4,12H2,1-3H3,(H,24,26). The van der Waals surface area contributed by atoms with Gasteiger partial charge in [-0.1, -0.05) is 6.07 Å². The number of ether oxygens (including phenoxy) is 2. The van der Waals surface area contributed by atoms with E-state index >= 15 is 0 Å². The van der Waals surface area contributed by atoms with Crippen molar-refractivity contribution in [3.63, 3.8) is 0 Å². The molecule has 0 aliphatic carbocycles. The number of benzene rings is 2. The predicted octanol–water partition coefficient (Wildman–Crippen LogP) is 3.77. The van der Waals surface area contributed by atoms with Crippen LogP contribution in [0.4, 0.5) is 17.1 Å². The molecule has 1 heterocycles. The number of nitrogens with zero attached hydrogens (tertiary/aromatic N) is 1. The average molecular weight is 380 g/mol. The molecule has 0 spiro atoms. The number of rotatable bonds is 6. The molecule has 0 fully saturated rings. The molecule has 2 aromatic rings. The van der Waals surface area contributed by atoms with Crippen LogP contribution in [0.15, 0.2) is 36.4 Å². The molecular formula is C21H24N4O3. The van der Waals surface area contributed by atoms with E-state index in [9.17, 15) is 10.1 Å². The van der Waals surface area contributed by atoms with Gasteiger partial charge in [0.25, 0.3) is 0 Å². The van der Waals surface area contributed by atoms with Crippen LogP contribution < -0.4 is 25.4 Å². The van der Waals surface area contributed by atoms with Crippen LogP contribution in [0.2, 0.25) is 0 Å². The van der Waals surface area contributed by atoms with E-state index < -0.39 is 0 Å². The molecule has 1 aliphatic rings. The summed E-state index contributed by atoms with van der Waals surface area (Å²) in [5.41, 5.74) is 3.22. The molecule has 3 rings (SSSR count). The van der Waals surface area contributed by atoms with Gasteiger partial charge in [0.1, 0.15) is 11.5 Å². The highest BCUT2D eigenvalue weighted by Gasteiger charge is 2.31. The summed E-state index contributed by atoms with van der Waals surface area (Å²) in [6.07, 6.45) is 0. The molecule has 7 heteroatoms. The Morgan fingerprint density at radius 1 is 1.36 bits per heavy atom. The Hall–Kier alpha value is -3.40. The van der Waals surface area contributed by atoms with Crippen LogP contribution >= 0.6 is 0 Å². The Balaban J connectivity index is 2.02. The highest BCUT2D eigenvalue weighted by atomic mass is 16.5. The molecule has 1 aliphatic heterocycles. The van der Waals surface area contributed by atoms with Crippen LogP contribution in [0.5, 0.6) is 11.5 Å². The minimum atomic E-state index is -0.290. The maximum Gasteiger partial charge on any atom is 0.221 e. The molecule has 1 amide bonds. The van der Waals surface area contributed by atoms with Crippen LogP contribution in [-0.2, 0) is 4.79 Å².